The van der Waals surface area contributed by atoms with Crippen molar-refractivity contribution in [3.63, 3.8) is 0 Å². The van der Waals surface area contributed by atoms with Gasteiger partial charge < -0.3 is 25.2 Å². The Kier molecular flexibility index (Phi) is 9.80. The summed E-state index contributed by atoms with van der Waals surface area (Å²) in [5.41, 5.74) is -0.602. The molecule has 0 bridgehead atoms. The second-order valence-corrected chi connectivity index (χ2v) is 6.48. The maximum absolute atomic E-state index is 12.4. The first-order valence-corrected chi connectivity index (χ1v) is 8.02. The van der Waals surface area contributed by atoms with Gasteiger partial charge in [-0.3, -0.25) is 4.79 Å². The number of amides is 2. The number of nitrogens with zero attached hydrogens (tertiary/aromatic N) is 1. The Hall–Kier alpha value is -1.55. The lowest BCUT2D eigenvalue weighted by Gasteiger charge is -2.28. The Balaban J connectivity index is 4.10. The molecule has 3 N–H and O–H groups in total. The standard InChI is InChI=1S/C15H27F3N2O5/c1-14(2,3)25-13(24)19-8-6-4-5-7-11(22)20(9-10-21)12(23)15(16,17)18/h11,21-22H,4-10H2,1-3H3,(H,19,24). The highest BCUT2D eigenvalue weighted by Crippen LogP contribution is 2.20. The molecule has 148 valence electrons. The third kappa shape index (κ3) is 10.8. The van der Waals surface area contributed by atoms with Gasteiger partial charge in [-0.25, -0.2) is 4.79 Å². The lowest BCUT2D eigenvalue weighted by Crippen LogP contribution is -2.48. The second-order valence-electron chi connectivity index (χ2n) is 6.48. The van der Waals surface area contributed by atoms with Crippen LogP contribution in [0.2, 0.25) is 0 Å². The summed E-state index contributed by atoms with van der Waals surface area (Å²) < 4.78 is 42.3. The Morgan fingerprint density at radius 3 is 2.24 bits per heavy atom. The van der Waals surface area contributed by atoms with Crippen LogP contribution in [-0.2, 0) is 9.53 Å². The molecule has 1 atom stereocenters. The van der Waals surface area contributed by atoms with Gasteiger partial charge in [-0.1, -0.05) is 6.42 Å². The van der Waals surface area contributed by atoms with Crippen molar-refractivity contribution in [3.8, 4) is 0 Å². The van der Waals surface area contributed by atoms with Gasteiger partial charge in [0.15, 0.2) is 0 Å². The fourth-order valence-electron chi connectivity index (χ4n) is 1.95. The summed E-state index contributed by atoms with van der Waals surface area (Å²) in [7, 11) is 0. The molecule has 0 spiro atoms. The summed E-state index contributed by atoms with van der Waals surface area (Å²) in [4.78, 5) is 22.8. The highest BCUT2D eigenvalue weighted by Gasteiger charge is 2.44. The molecule has 25 heavy (non-hydrogen) atoms. The van der Waals surface area contributed by atoms with Crippen molar-refractivity contribution in [2.24, 2.45) is 0 Å². The van der Waals surface area contributed by atoms with Crippen LogP contribution in [0.1, 0.15) is 46.5 Å². The molecule has 2 amide bonds. The number of halogens is 3. The predicted octanol–water partition coefficient (Wildman–Crippen LogP) is 1.77. The highest BCUT2D eigenvalue weighted by atomic mass is 19.4. The molecule has 0 aromatic carbocycles. The molecule has 0 aliphatic rings. The number of unbranched alkanes of at least 4 members (excludes halogenated alkanes) is 2. The molecular formula is C15H27F3N2O5. The first-order chi connectivity index (χ1) is 11.4. The average molecular weight is 372 g/mol. The van der Waals surface area contributed by atoms with Crippen LogP contribution in [-0.4, -0.2) is 64.8 Å². The number of hydrogen-bond donors (Lipinski definition) is 3. The van der Waals surface area contributed by atoms with Crippen LogP contribution in [0.3, 0.4) is 0 Å². The van der Waals surface area contributed by atoms with E-state index in [-0.39, 0.29) is 11.3 Å². The third-order valence-corrected chi connectivity index (χ3v) is 3.01. The molecule has 10 heteroatoms. The van der Waals surface area contributed by atoms with Gasteiger partial charge in [0.2, 0.25) is 0 Å². The lowest BCUT2D eigenvalue weighted by molar-refractivity contribution is -0.195. The minimum Gasteiger partial charge on any atom is -0.444 e. The van der Waals surface area contributed by atoms with Crippen LogP contribution in [0.25, 0.3) is 0 Å². The topological polar surface area (TPSA) is 99.1 Å². The van der Waals surface area contributed by atoms with E-state index in [9.17, 15) is 27.9 Å². The Morgan fingerprint density at radius 1 is 1.16 bits per heavy atom. The lowest BCUT2D eigenvalue weighted by atomic mass is 10.1. The van der Waals surface area contributed by atoms with Crippen LogP contribution in [0, 0.1) is 0 Å². The molecule has 0 radical (unpaired) electrons. The highest BCUT2D eigenvalue weighted by molar-refractivity contribution is 5.82. The minimum atomic E-state index is -5.10. The Labute approximate surface area is 145 Å². The summed E-state index contributed by atoms with van der Waals surface area (Å²) in [6, 6.07) is 0. The summed E-state index contributed by atoms with van der Waals surface area (Å²) in [6.45, 7) is 4.24. The molecule has 0 aromatic rings. The van der Waals surface area contributed by atoms with Crippen molar-refractivity contribution in [2.45, 2.75) is 64.5 Å². The van der Waals surface area contributed by atoms with Crippen LogP contribution in [0.5, 0.6) is 0 Å². The number of alkyl halides is 3. The number of aliphatic hydroxyl groups excluding tert-OH is 2. The van der Waals surface area contributed by atoms with E-state index < -0.39 is 43.2 Å². The molecule has 0 saturated carbocycles. The molecular weight excluding hydrogens is 345 g/mol. The number of hydrogen-bond acceptors (Lipinski definition) is 5. The zero-order valence-corrected chi connectivity index (χ0v) is 14.7. The van der Waals surface area contributed by atoms with Gasteiger partial charge in [0, 0.05) is 13.1 Å². The Bertz CT molecular complexity index is 424. The van der Waals surface area contributed by atoms with Crippen LogP contribution in [0.15, 0.2) is 0 Å². The predicted molar refractivity (Wildman–Crippen MR) is 83.6 cm³/mol. The van der Waals surface area contributed by atoms with Gasteiger partial charge in [-0.05, 0) is 40.0 Å². The zero-order valence-electron chi connectivity index (χ0n) is 14.7. The molecule has 1 unspecified atom stereocenters. The summed E-state index contributed by atoms with van der Waals surface area (Å²) in [5.74, 6) is -2.18. The molecule has 0 fully saturated rings. The van der Waals surface area contributed by atoms with E-state index in [2.05, 4.69) is 5.32 Å². The molecule has 0 aliphatic carbocycles. The summed E-state index contributed by atoms with van der Waals surface area (Å²) >= 11 is 0. The van der Waals surface area contributed by atoms with Crippen LogP contribution >= 0.6 is 0 Å². The monoisotopic (exact) mass is 372 g/mol. The van der Waals surface area contributed by atoms with E-state index in [0.717, 1.165) is 0 Å². The number of alkyl carbamates (subject to hydrolysis) is 1. The molecule has 0 heterocycles. The van der Waals surface area contributed by atoms with Gasteiger partial charge in [0.1, 0.15) is 11.8 Å². The van der Waals surface area contributed by atoms with E-state index in [1.807, 2.05) is 0 Å². The number of rotatable bonds is 9. The van der Waals surface area contributed by atoms with Crippen LogP contribution < -0.4 is 5.32 Å². The average Bonchev–Trinajstić information content (AvgIpc) is 2.44. The fourth-order valence-corrected chi connectivity index (χ4v) is 1.95. The van der Waals surface area contributed by atoms with Crippen molar-refractivity contribution in [2.75, 3.05) is 19.7 Å². The second kappa shape index (κ2) is 10.4. The molecule has 0 rings (SSSR count). The van der Waals surface area contributed by atoms with Gasteiger partial charge in [0.05, 0.1) is 6.61 Å². The Morgan fingerprint density at radius 2 is 1.76 bits per heavy atom. The molecule has 0 aliphatic heterocycles. The van der Waals surface area contributed by atoms with E-state index in [4.69, 9.17) is 9.84 Å². The summed E-state index contributed by atoms with van der Waals surface area (Å²) in [6.07, 6.45) is -5.93. The molecule has 0 aromatic heterocycles. The number of aliphatic hydroxyl groups is 2. The van der Waals surface area contributed by atoms with Gasteiger partial charge in [0.25, 0.3) is 0 Å². The zero-order chi connectivity index (χ0) is 19.7. The van der Waals surface area contributed by atoms with Crippen molar-refractivity contribution in [3.05, 3.63) is 0 Å². The van der Waals surface area contributed by atoms with Crippen molar-refractivity contribution >= 4 is 12.0 Å². The molecule has 0 saturated heterocycles. The smallest absolute Gasteiger partial charge is 0.444 e. The van der Waals surface area contributed by atoms with Gasteiger partial charge >= 0.3 is 18.2 Å². The van der Waals surface area contributed by atoms with Crippen LogP contribution in [0.4, 0.5) is 18.0 Å². The first kappa shape index (κ1) is 23.4. The van der Waals surface area contributed by atoms with Crippen molar-refractivity contribution in [1.82, 2.24) is 10.2 Å². The maximum atomic E-state index is 12.4. The van der Waals surface area contributed by atoms with Crippen molar-refractivity contribution in [1.29, 1.82) is 0 Å². The third-order valence-electron chi connectivity index (χ3n) is 3.01. The maximum Gasteiger partial charge on any atom is 0.471 e. The minimum absolute atomic E-state index is 0.0613. The first-order valence-electron chi connectivity index (χ1n) is 8.02. The normalized spacial score (nSPS) is 13.3. The van der Waals surface area contributed by atoms with Gasteiger partial charge in [-0.2, -0.15) is 13.2 Å². The SMILES string of the molecule is CC(C)(C)OC(=O)NCCCCCC(O)N(CCO)C(=O)C(F)(F)F. The van der Waals surface area contributed by atoms with Crippen molar-refractivity contribution < 1.29 is 37.7 Å². The number of carbonyl (C=O) groups is 2. The quantitative estimate of drug-likeness (QED) is 0.423. The largest absolute Gasteiger partial charge is 0.471 e. The summed E-state index contributed by atoms with van der Waals surface area (Å²) in [5, 5.41) is 21.0. The fraction of sp³-hybridized carbons (Fsp3) is 0.867. The van der Waals surface area contributed by atoms with E-state index in [1.54, 1.807) is 20.8 Å². The molecule has 7 nitrogen and oxygen atoms in total. The number of carbonyl (C=O) groups excluding carboxylic acids is 2. The number of nitrogens with one attached hydrogen (secondary N) is 1. The number of ether oxygens (including phenoxy) is 1. The van der Waals surface area contributed by atoms with E-state index >= 15 is 0 Å². The van der Waals surface area contributed by atoms with E-state index in [0.29, 0.717) is 25.8 Å². The van der Waals surface area contributed by atoms with E-state index in [1.165, 1.54) is 0 Å². The van der Waals surface area contributed by atoms with Gasteiger partial charge in [-0.15, -0.1) is 0 Å².